The average Bonchev–Trinajstić information content (AvgIpc) is 3.57. The van der Waals surface area contributed by atoms with Gasteiger partial charge in [0.1, 0.15) is 6.04 Å². The van der Waals surface area contributed by atoms with Crippen molar-refractivity contribution in [3.05, 3.63) is 72.8 Å². The zero-order valence-corrected chi connectivity index (χ0v) is 25.6. The van der Waals surface area contributed by atoms with Crippen molar-refractivity contribution in [3.8, 4) is 0 Å². The average molecular weight is 643 g/mol. The fraction of sp³-hybridized carbons (Fsp3) is 0.452. The van der Waals surface area contributed by atoms with Gasteiger partial charge in [-0.1, -0.05) is 52.3 Å². The molecule has 3 unspecified atom stereocenters. The second kappa shape index (κ2) is 11.8. The normalized spacial score (nSPS) is 28.8. The van der Waals surface area contributed by atoms with Crippen molar-refractivity contribution < 1.29 is 24.6 Å². The summed E-state index contributed by atoms with van der Waals surface area (Å²) in [7, 11) is 0. The van der Waals surface area contributed by atoms with Crippen LogP contribution in [0.25, 0.3) is 0 Å². The number of anilines is 2. The van der Waals surface area contributed by atoms with Gasteiger partial charge in [0.05, 0.1) is 29.2 Å². The summed E-state index contributed by atoms with van der Waals surface area (Å²) in [4.78, 5) is 46.8. The Morgan fingerprint density at radius 1 is 1.15 bits per heavy atom. The summed E-state index contributed by atoms with van der Waals surface area (Å²) in [6.45, 7) is 9.59. The van der Waals surface area contributed by atoms with Crippen LogP contribution in [0.15, 0.2) is 67.3 Å². The van der Waals surface area contributed by atoms with Crippen molar-refractivity contribution >= 4 is 56.9 Å². The van der Waals surface area contributed by atoms with E-state index in [1.807, 2.05) is 54.6 Å². The summed E-state index contributed by atoms with van der Waals surface area (Å²) in [5, 5.41) is 20.6. The van der Waals surface area contributed by atoms with Gasteiger partial charge >= 0.3 is 5.97 Å². The molecule has 2 bridgehead atoms. The Kier molecular flexibility index (Phi) is 8.55. The first-order valence-electron chi connectivity index (χ1n) is 14.0. The molecule has 5 rings (SSSR count). The Morgan fingerprint density at radius 2 is 1.78 bits per heavy atom. The topological polar surface area (TPSA) is 101 Å². The van der Waals surface area contributed by atoms with Gasteiger partial charge in [0.2, 0.25) is 5.91 Å². The van der Waals surface area contributed by atoms with Crippen molar-refractivity contribution in [3.63, 3.8) is 0 Å². The molecule has 2 aromatic carbocycles. The predicted molar refractivity (Wildman–Crippen MR) is 166 cm³/mol. The number of thioether (sulfide) groups is 1. The third-order valence-corrected chi connectivity index (χ3v) is 12.0. The molecule has 218 valence electrons. The van der Waals surface area contributed by atoms with Crippen LogP contribution in [0.3, 0.4) is 0 Å². The second-order valence-electron chi connectivity index (χ2n) is 10.8. The molecular weight excluding hydrogens is 606 g/mol. The summed E-state index contributed by atoms with van der Waals surface area (Å²) in [6.07, 6.45) is 2.13. The van der Waals surface area contributed by atoms with E-state index >= 15 is 0 Å². The van der Waals surface area contributed by atoms with Crippen LogP contribution in [0.2, 0.25) is 0 Å². The van der Waals surface area contributed by atoms with Gasteiger partial charge in [0.25, 0.3) is 5.91 Å². The highest BCUT2D eigenvalue weighted by molar-refractivity contribution is 9.09. The standard InChI is InChI=1S/C31H36BrN3O5S/c1-4-16-34(21-14-12-20(13-15-21)33(5-2)6-3)29(38)27-31-17-22(32)26(41-31)24(30(39)40)25(31)28(37)35(27)23(18-36)19-10-8-7-9-11-19/h4,7-15,22-27,36H,1,5-6,16-18H2,2-3H3,(H,39,40)/t22?,23-,24+,25+,26+,27?,31?/m1/s1. The van der Waals surface area contributed by atoms with Crippen molar-refractivity contribution in [1.82, 2.24) is 4.90 Å². The van der Waals surface area contributed by atoms with Crippen LogP contribution in [0.4, 0.5) is 11.4 Å². The van der Waals surface area contributed by atoms with Crippen LogP contribution in [0.5, 0.6) is 0 Å². The summed E-state index contributed by atoms with van der Waals surface area (Å²) < 4.78 is -0.946. The molecule has 2 aromatic rings. The lowest BCUT2D eigenvalue weighted by atomic mass is 9.71. The lowest BCUT2D eigenvalue weighted by Gasteiger charge is -2.40. The Bertz CT molecular complexity index is 1310. The van der Waals surface area contributed by atoms with Crippen LogP contribution in [-0.2, 0) is 14.4 Å². The molecule has 3 aliphatic rings. The number of carboxylic acids is 1. The zero-order chi connectivity index (χ0) is 29.5. The summed E-state index contributed by atoms with van der Waals surface area (Å²) >= 11 is 5.14. The first-order chi connectivity index (χ1) is 19.7. The molecule has 0 saturated carbocycles. The number of fused-ring (bicyclic) bond motifs is 1. The molecule has 2 N–H and O–H groups in total. The van der Waals surface area contributed by atoms with E-state index in [4.69, 9.17) is 0 Å². The Labute approximate surface area is 253 Å². The quantitative estimate of drug-likeness (QED) is 0.278. The van der Waals surface area contributed by atoms with Gasteiger partial charge in [-0.25, -0.2) is 0 Å². The van der Waals surface area contributed by atoms with E-state index in [2.05, 4.69) is 41.3 Å². The SMILES string of the molecule is C=CCN(C(=O)C1N([C@H](CO)c2ccccc2)C(=O)[C@@H]2[C@H](C(=O)O)[C@H]3SC12CC3Br)c1ccc(N(CC)CC)cc1. The highest BCUT2D eigenvalue weighted by Gasteiger charge is 2.76. The minimum absolute atomic E-state index is 0.154. The number of aliphatic hydroxyl groups excluding tert-OH is 1. The maximum atomic E-state index is 14.8. The summed E-state index contributed by atoms with van der Waals surface area (Å²) in [5.41, 5.74) is 2.40. The minimum atomic E-state index is -1.03. The number of alkyl halides is 1. The predicted octanol–water partition coefficient (Wildman–Crippen LogP) is 4.33. The highest BCUT2D eigenvalue weighted by atomic mass is 79.9. The molecule has 2 amide bonds. The van der Waals surface area contributed by atoms with E-state index in [1.54, 1.807) is 11.0 Å². The van der Waals surface area contributed by atoms with Gasteiger partial charge in [-0.3, -0.25) is 14.4 Å². The van der Waals surface area contributed by atoms with E-state index in [9.17, 15) is 24.6 Å². The molecule has 41 heavy (non-hydrogen) atoms. The second-order valence-corrected chi connectivity index (χ2v) is 13.5. The van der Waals surface area contributed by atoms with E-state index < -0.39 is 41.2 Å². The van der Waals surface area contributed by atoms with Crippen LogP contribution in [-0.4, -0.2) is 80.0 Å². The number of aliphatic carboxylic acids is 1. The lowest BCUT2D eigenvalue weighted by Crippen LogP contribution is -2.56. The Balaban J connectivity index is 1.62. The summed E-state index contributed by atoms with van der Waals surface area (Å²) in [6, 6.07) is 15.1. The molecule has 3 aliphatic heterocycles. The number of hydrogen-bond donors (Lipinski definition) is 2. The smallest absolute Gasteiger partial charge is 0.308 e. The number of carbonyl (C=O) groups is 3. The zero-order valence-electron chi connectivity index (χ0n) is 23.2. The van der Waals surface area contributed by atoms with Gasteiger partial charge in [-0.15, -0.1) is 18.3 Å². The maximum absolute atomic E-state index is 14.8. The first-order valence-corrected chi connectivity index (χ1v) is 15.8. The number of benzene rings is 2. The summed E-state index contributed by atoms with van der Waals surface area (Å²) in [5.74, 6) is -3.52. The number of hydrogen-bond acceptors (Lipinski definition) is 6. The molecule has 10 heteroatoms. The van der Waals surface area contributed by atoms with Crippen molar-refractivity contribution in [2.45, 2.75) is 47.2 Å². The number of aliphatic hydroxyl groups is 1. The molecule has 3 fully saturated rings. The van der Waals surface area contributed by atoms with Crippen molar-refractivity contribution in [1.29, 1.82) is 0 Å². The number of nitrogens with zero attached hydrogens (tertiary/aromatic N) is 3. The number of rotatable bonds is 11. The molecule has 0 aliphatic carbocycles. The number of carboxylic acid groups (broad SMARTS) is 1. The van der Waals surface area contributed by atoms with Gasteiger partial charge < -0.3 is 24.9 Å². The van der Waals surface area contributed by atoms with Gasteiger partial charge in [0, 0.05) is 41.1 Å². The molecule has 0 radical (unpaired) electrons. The van der Waals surface area contributed by atoms with Crippen molar-refractivity contribution in [2.24, 2.45) is 11.8 Å². The lowest BCUT2D eigenvalue weighted by molar-refractivity contribution is -0.149. The molecule has 0 aromatic heterocycles. The molecule has 3 heterocycles. The third kappa shape index (κ3) is 4.77. The van der Waals surface area contributed by atoms with E-state index in [0.29, 0.717) is 17.7 Å². The number of carbonyl (C=O) groups excluding carboxylic acids is 2. The van der Waals surface area contributed by atoms with Crippen LogP contribution < -0.4 is 9.80 Å². The number of amides is 2. The maximum Gasteiger partial charge on any atom is 0.308 e. The molecular formula is C31H36BrN3O5S. The minimum Gasteiger partial charge on any atom is -0.481 e. The Hall–Kier alpha value is -2.82. The molecule has 1 spiro atoms. The third-order valence-electron chi connectivity index (χ3n) is 8.81. The Morgan fingerprint density at radius 3 is 2.34 bits per heavy atom. The molecule has 7 atom stereocenters. The van der Waals surface area contributed by atoms with E-state index in [0.717, 1.165) is 18.8 Å². The highest BCUT2D eigenvalue weighted by Crippen LogP contribution is 2.68. The number of halogens is 1. The fourth-order valence-electron chi connectivity index (χ4n) is 7.03. The van der Waals surface area contributed by atoms with Gasteiger partial charge in [0.15, 0.2) is 0 Å². The van der Waals surface area contributed by atoms with Crippen LogP contribution in [0.1, 0.15) is 31.9 Å². The van der Waals surface area contributed by atoms with Crippen LogP contribution >= 0.6 is 27.7 Å². The number of likely N-dealkylation sites (tertiary alicyclic amines) is 1. The first kappa shape index (κ1) is 29.7. The van der Waals surface area contributed by atoms with Gasteiger partial charge in [-0.05, 0) is 50.1 Å². The molecule has 3 saturated heterocycles. The van der Waals surface area contributed by atoms with Crippen molar-refractivity contribution in [2.75, 3.05) is 36.0 Å². The van der Waals surface area contributed by atoms with E-state index in [-0.39, 0.29) is 28.4 Å². The monoisotopic (exact) mass is 641 g/mol. The van der Waals surface area contributed by atoms with Gasteiger partial charge in [-0.2, -0.15) is 0 Å². The fourth-order valence-corrected chi connectivity index (χ4v) is 10.6. The largest absolute Gasteiger partial charge is 0.481 e. The molecule has 8 nitrogen and oxygen atoms in total. The van der Waals surface area contributed by atoms with Crippen LogP contribution in [0, 0.1) is 11.8 Å². The van der Waals surface area contributed by atoms with E-state index in [1.165, 1.54) is 16.7 Å².